The van der Waals surface area contributed by atoms with Crippen LogP contribution in [0.5, 0.6) is 5.75 Å². The van der Waals surface area contributed by atoms with Crippen LogP contribution in [0.1, 0.15) is 30.1 Å². The van der Waals surface area contributed by atoms with Crippen molar-refractivity contribution in [2.45, 2.75) is 19.8 Å². The van der Waals surface area contributed by atoms with Crippen LogP contribution in [0.4, 0.5) is 4.39 Å². The highest BCUT2D eigenvalue weighted by Gasteiger charge is 2.27. The number of likely N-dealkylation sites (tertiary alicyclic amines) is 1. The second-order valence-corrected chi connectivity index (χ2v) is 5.31. The van der Waals surface area contributed by atoms with Gasteiger partial charge in [-0.3, -0.25) is 9.59 Å². The Labute approximate surface area is 122 Å². The van der Waals surface area contributed by atoms with Gasteiger partial charge in [-0.05, 0) is 30.9 Å². The van der Waals surface area contributed by atoms with Gasteiger partial charge in [0.15, 0.2) is 0 Å². The van der Waals surface area contributed by atoms with Crippen LogP contribution in [-0.4, -0.2) is 41.5 Å². The van der Waals surface area contributed by atoms with Crippen LogP contribution in [0.15, 0.2) is 18.2 Å². The Morgan fingerprint density at radius 2 is 2.05 bits per heavy atom. The number of halogens is 1. The lowest BCUT2D eigenvalue weighted by Gasteiger charge is -2.32. The van der Waals surface area contributed by atoms with Crippen LogP contribution in [0, 0.1) is 11.7 Å². The van der Waals surface area contributed by atoms with E-state index < -0.39 is 11.7 Å². The summed E-state index contributed by atoms with van der Waals surface area (Å²) in [6.07, 6.45) is 1.50. The van der Waals surface area contributed by atoms with Gasteiger partial charge in [-0.15, -0.1) is 0 Å². The zero-order valence-electron chi connectivity index (χ0n) is 11.9. The molecule has 0 spiro atoms. The largest absolute Gasteiger partial charge is 0.507 e. The molecule has 1 aliphatic rings. The number of phenols is 1. The third-order valence-electron chi connectivity index (χ3n) is 3.75. The Morgan fingerprint density at radius 3 is 2.62 bits per heavy atom. The molecule has 114 valence electrons. The van der Waals surface area contributed by atoms with Crippen molar-refractivity contribution in [3.8, 4) is 5.75 Å². The van der Waals surface area contributed by atoms with Gasteiger partial charge >= 0.3 is 0 Å². The molecule has 0 bridgehead atoms. The highest BCUT2D eigenvalue weighted by atomic mass is 19.1. The summed E-state index contributed by atoms with van der Waals surface area (Å²) in [6.45, 7) is 3.07. The molecule has 2 amide bonds. The van der Waals surface area contributed by atoms with Crippen LogP contribution in [0.3, 0.4) is 0 Å². The first-order valence-electron chi connectivity index (χ1n) is 7.00. The summed E-state index contributed by atoms with van der Waals surface area (Å²) >= 11 is 0. The van der Waals surface area contributed by atoms with Gasteiger partial charge in [0.1, 0.15) is 17.1 Å². The second-order valence-electron chi connectivity index (χ2n) is 5.31. The van der Waals surface area contributed by atoms with Gasteiger partial charge in [-0.2, -0.15) is 0 Å². The van der Waals surface area contributed by atoms with E-state index in [4.69, 9.17) is 0 Å². The number of piperidine rings is 1. The quantitative estimate of drug-likeness (QED) is 0.888. The van der Waals surface area contributed by atoms with Gasteiger partial charge in [-0.1, -0.05) is 6.07 Å². The molecule has 1 aromatic carbocycles. The molecule has 5 nitrogen and oxygen atoms in total. The number of nitrogens with one attached hydrogen (secondary N) is 1. The van der Waals surface area contributed by atoms with Crippen molar-refractivity contribution in [3.05, 3.63) is 29.6 Å². The van der Waals surface area contributed by atoms with Crippen molar-refractivity contribution in [2.24, 2.45) is 5.92 Å². The molecule has 0 aliphatic carbocycles. The van der Waals surface area contributed by atoms with E-state index in [1.807, 2.05) is 0 Å². The van der Waals surface area contributed by atoms with E-state index in [-0.39, 0.29) is 17.2 Å². The lowest BCUT2D eigenvalue weighted by molar-refractivity contribution is -0.119. The number of carbonyl (C=O) groups is 2. The van der Waals surface area contributed by atoms with Crippen LogP contribution in [0.2, 0.25) is 0 Å². The summed E-state index contributed by atoms with van der Waals surface area (Å²) in [4.78, 5) is 24.7. The standard InChI is InChI=1S/C15H19FN2O3/c1-10(19)17-9-11-5-7-18(8-6-11)15(21)14-12(16)3-2-4-13(14)20/h2-4,11,20H,5-9H2,1H3,(H,17,19). The highest BCUT2D eigenvalue weighted by molar-refractivity contribution is 5.97. The fourth-order valence-electron chi connectivity index (χ4n) is 2.51. The van der Waals surface area contributed by atoms with E-state index in [0.29, 0.717) is 25.6 Å². The number of nitrogens with zero attached hydrogens (tertiary/aromatic N) is 1. The normalized spacial score (nSPS) is 15.8. The highest BCUT2D eigenvalue weighted by Crippen LogP contribution is 2.24. The predicted molar refractivity (Wildman–Crippen MR) is 75.4 cm³/mol. The molecule has 0 radical (unpaired) electrons. The molecule has 0 saturated carbocycles. The topological polar surface area (TPSA) is 69.6 Å². The van der Waals surface area contributed by atoms with Gasteiger partial charge in [0.2, 0.25) is 5.91 Å². The summed E-state index contributed by atoms with van der Waals surface area (Å²) in [5, 5.41) is 12.4. The Morgan fingerprint density at radius 1 is 1.38 bits per heavy atom. The molecule has 2 rings (SSSR count). The summed E-state index contributed by atoms with van der Waals surface area (Å²) in [6, 6.07) is 3.83. The third kappa shape index (κ3) is 3.71. The fraction of sp³-hybridized carbons (Fsp3) is 0.467. The SMILES string of the molecule is CC(=O)NCC1CCN(C(=O)c2c(O)cccc2F)CC1. The summed E-state index contributed by atoms with van der Waals surface area (Å²) in [5.74, 6) is -1.26. The van der Waals surface area contributed by atoms with Crippen molar-refractivity contribution in [1.82, 2.24) is 10.2 Å². The van der Waals surface area contributed by atoms with Crippen LogP contribution in [-0.2, 0) is 4.79 Å². The minimum Gasteiger partial charge on any atom is -0.507 e. The Kier molecular flexibility index (Phi) is 4.77. The number of carbonyl (C=O) groups excluding carboxylic acids is 2. The number of rotatable bonds is 3. The Balaban J connectivity index is 1.96. The van der Waals surface area contributed by atoms with Crippen molar-refractivity contribution >= 4 is 11.8 Å². The molecule has 1 aromatic rings. The third-order valence-corrected chi connectivity index (χ3v) is 3.75. The summed E-state index contributed by atoms with van der Waals surface area (Å²) in [7, 11) is 0. The van der Waals surface area contributed by atoms with E-state index in [1.54, 1.807) is 4.90 Å². The van der Waals surface area contributed by atoms with Crippen molar-refractivity contribution < 1.29 is 19.1 Å². The summed E-state index contributed by atoms with van der Waals surface area (Å²) in [5.41, 5.74) is -0.266. The van der Waals surface area contributed by atoms with E-state index in [1.165, 1.54) is 19.1 Å². The molecular weight excluding hydrogens is 275 g/mol. The molecule has 1 aliphatic heterocycles. The van der Waals surface area contributed by atoms with E-state index in [0.717, 1.165) is 18.9 Å². The zero-order valence-corrected chi connectivity index (χ0v) is 11.9. The lowest BCUT2D eigenvalue weighted by atomic mass is 9.96. The first-order chi connectivity index (χ1) is 9.99. The molecule has 1 fully saturated rings. The molecule has 21 heavy (non-hydrogen) atoms. The number of phenolic OH excluding ortho intramolecular Hbond substituents is 1. The number of benzene rings is 1. The van der Waals surface area contributed by atoms with E-state index in [9.17, 15) is 19.1 Å². The van der Waals surface area contributed by atoms with Crippen LogP contribution in [0.25, 0.3) is 0 Å². The van der Waals surface area contributed by atoms with Gasteiger partial charge in [0.05, 0.1) is 0 Å². The van der Waals surface area contributed by atoms with Crippen molar-refractivity contribution in [3.63, 3.8) is 0 Å². The molecule has 0 unspecified atom stereocenters. The number of aromatic hydroxyl groups is 1. The predicted octanol–water partition coefficient (Wildman–Crippen LogP) is 1.52. The fourth-order valence-corrected chi connectivity index (χ4v) is 2.51. The second kappa shape index (κ2) is 6.56. The van der Waals surface area contributed by atoms with Crippen molar-refractivity contribution in [1.29, 1.82) is 0 Å². The maximum Gasteiger partial charge on any atom is 0.260 e. The molecular formula is C15H19FN2O3. The molecule has 0 atom stereocenters. The number of hydrogen-bond donors (Lipinski definition) is 2. The monoisotopic (exact) mass is 294 g/mol. The van der Waals surface area contributed by atoms with Gasteiger partial charge in [0.25, 0.3) is 5.91 Å². The number of amides is 2. The molecule has 1 heterocycles. The molecule has 2 N–H and O–H groups in total. The Bertz CT molecular complexity index is 519. The zero-order chi connectivity index (χ0) is 15.4. The van der Waals surface area contributed by atoms with E-state index in [2.05, 4.69) is 5.32 Å². The first-order valence-corrected chi connectivity index (χ1v) is 7.00. The van der Waals surface area contributed by atoms with Gasteiger partial charge in [-0.25, -0.2) is 4.39 Å². The Hall–Kier alpha value is -2.11. The maximum atomic E-state index is 13.7. The van der Waals surface area contributed by atoms with Gasteiger partial charge in [0, 0.05) is 26.6 Å². The maximum absolute atomic E-state index is 13.7. The van der Waals surface area contributed by atoms with E-state index >= 15 is 0 Å². The van der Waals surface area contributed by atoms with Crippen LogP contribution < -0.4 is 5.32 Å². The molecule has 1 saturated heterocycles. The minimum absolute atomic E-state index is 0.0650. The van der Waals surface area contributed by atoms with Crippen LogP contribution >= 0.6 is 0 Å². The average molecular weight is 294 g/mol. The lowest BCUT2D eigenvalue weighted by Crippen LogP contribution is -2.41. The minimum atomic E-state index is -0.708. The molecule has 6 heteroatoms. The van der Waals surface area contributed by atoms with Crippen molar-refractivity contribution in [2.75, 3.05) is 19.6 Å². The molecule has 0 aromatic heterocycles. The number of hydrogen-bond acceptors (Lipinski definition) is 3. The smallest absolute Gasteiger partial charge is 0.260 e. The average Bonchev–Trinajstić information content (AvgIpc) is 2.45. The first kappa shape index (κ1) is 15.3. The van der Waals surface area contributed by atoms with Gasteiger partial charge < -0.3 is 15.3 Å². The summed E-state index contributed by atoms with van der Waals surface area (Å²) < 4.78 is 13.7.